The van der Waals surface area contributed by atoms with Gasteiger partial charge in [-0.1, -0.05) is 12.1 Å². The summed E-state index contributed by atoms with van der Waals surface area (Å²) in [6, 6.07) is 8.71. The summed E-state index contributed by atoms with van der Waals surface area (Å²) < 4.78 is 29.1. The van der Waals surface area contributed by atoms with E-state index in [4.69, 9.17) is 10.00 Å². The van der Waals surface area contributed by atoms with E-state index in [1.807, 2.05) is 12.1 Å². The fraction of sp³-hybridized carbons (Fsp3) is 0.214. The topological polar surface area (TPSA) is 70.8 Å². The first kappa shape index (κ1) is 14.7. The smallest absolute Gasteiger partial charge is 0.272 e. The SMILES string of the molecule is N#Cc1nccnc1NCc1cccc(OCC(F)F)c1. The van der Waals surface area contributed by atoms with Gasteiger partial charge in [-0.2, -0.15) is 5.26 Å². The van der Waals surface area contributed by atoms with Gasteiger partial charge < -0.3 is 10.1 Å². The van der Waals surface area contributed by atoms with Crippen LogP contribution in [0, 0.1) is 11.3 Å². The Balaban J connectivity index is 2.00. The van der Waals surface area contributed by atoms with Crippen LogP contribution in [-0.2, 0) is 6.54 Å². The fourth-order valence-electron chi connectivity index (χ4n) is 1.64. The Hall–Kier alpha value is -2.75. The highest BCUT2D eigenvalue weighted by molar-refractivity contribution is 5.47. The van der Waals surface area contributed by atoms with Crippen LogP contribution in [0.2, 0.25) is 0 Å². The number of aromatic nitrogens is 2. The normalized spacial score (nSPS) is 10.2. The predicted octanol–water partition coefficient (Wildman–Crippen LogP) is 2.60. The standard InChI is InChI=1S/C14H12F2N4O/c15-13(16)9-21-11-3-1-2-10(6-11)8-20-14-12(7-17)18-4-5-19-14/h1-6,13H,8-9H2,(H,19,20). The maximum absolute atomic E-state index is 12.1. The summed E-state index contributed by atoms with van der Waals surface area (Å²) in [4.78, 5) is 7.90. The highest BCUT2D eigenvalue weighted by Crippen LogP contribution is 2.16. The van der Waals surface area contributed by atoms with Crippen LogP contribution in [0.4, 0.5) is 14.6 Å². The number of alkyl halides is 2. The van der Waals surface area contributed by atoms with E-state index in [0.717, 1.165) is 5.56 Å². The van der Waals surface area contributed by atoms with E-state index in [9.17, 15) is 8.78 Å². The van der Waals surface area contributed by atoms with Gasteiger partial charge in [0.2, 0.25) is 0 Å². The van der Waals surface area contributed by atoms with Crippen molar-refractivity contribution < 1.29 is 13.5 Å². The van der Waals surface area contributed by atoms with Crippen LogP contribution < -0.4 is 10.1 Å². The van der Waals surface area contributed by atoms with Crippen LogP contribution in [-0.4, -0.2) is 23.0 Å². The molecule has 0 aliphatic carbocycles. The van der Waals surface area contributed by atoms with Crippen molar-refractivity contribution >= 4 is 5.82 Å². The van der Waals surface area contributed by atoms with E-state index in [2.05, 4.69) is 15.3 Å². The van der Waals surface area contributed by atoms with Gasteiger partial charge in [-0.05, 0) is 17.7 Å². The van der Waals surface area contributed by atoms with Crippen molar-refractivity contribution in [3.63, 3.8) is 0 Å². The minimum Gasteiger partial charge on any atom is -0.488 e. The quantitative estimate of drug-likeness (QED) is 0.885. The monoisotopic (exact) mass is 290 g/mol. The molecular weight excluding hydrogens is 278 g/mol. The van der Waals surface area contributed by atoms with Gasteiger partial charge in [0.1, 0.15) is 18.4 Å². The van der Waals surface area contributed by atoms with Crippen LogP contribution in [0.5, 0.6) is 5.75 Å². The number of benzene rings is 1. The van der Waals surface area contributed by atoms with Crippen molar-refractivity contribution in [3.05, 3.63) is 47.9 Å². The van der Waals surface area contributed by atoms with Crippen molar-refractivity contribution in [3.8, 4) is 11.8 Å². The molecule has 1 heterocycles. The first-order chi connectivity index (χ1) is 10.2. The highest BCUT2D eigenvalue weighted by Gasteiger charge is 2.06. The van der Waals surface area contributed by atoms with E-state index in [0.29, 0.717) is 18.1 Å². The summed E-state index contributed by atoms with van der Waals surface area (Å²) in [7, 11) is 0. The Morgan fingerprint density at radius 2 is 2.10 bits per heavy atom. The molecule has 2 rings (SSSR count). The molecule has 0 unspecified atom stereocenters. The van der Waals surface area contributed by atoms with Gasteiger partial charge in [0, 0.05) is 18.9 Å². The Bertz CT molecular complexity index is 643. The number of hydrogen-bond donors (Lipinski definition) is 1. The minimum absolute atomic E-state index is 0.197. The molecule has 0 spiro atoms. The van der Waals surface area contributed by atoms with Crippen molar-refractivity contribution in [2.24, 2.45) is 0 Å². The highest BCUT2D eigenvalue weighted by atomic mass is 19.3. The number of halogens is 2. The lowest BCUT2D eigenvalue weighted by atomic mass is 10.2. The second kappa shape index (κ2) is 7.14. The van der Waals surface area contributed by atoms with Gasteiger partial charge in [0.05, 0.1) is 0 Å². The lowest BCUT2D eigenvalue weighted by Crippen LogP contribution is -2.08. The average Bonchev–Trinajstić information content (AvgIpc) is 2.51. The fourth-order valence-corrected chi connectivity index (χ4v) is 1.64. The second-order valence-electron chi connectivity index (χ2n) is 4.07. The van der Waals surface area contributed by atoms with Crippen molar-refractivity contribution in [2.75, 3.05) is 11.9 Å². The molecule has 0 aliphatic heterocycles. The maximum atomic E-state index is 12.1. The first-order valence-electron chi connectivity index (χ1n) is 6.14. The number of rotatable bonds is 6. The number of nitriles is 1. The zero-order valence-electron chi connectivity index (χ0n) is 11.0. The number of nitrogens with one attached hydrogen (secondary N) is 1. The van der Waals surface area contributed by atoms with Crippen molar-refractivity contribution in [1.29, 1.82) is 5.26 Å². The lowest BCUT2D eigenvalue weighted by molar-refractivity contribution is 0.0818. The van der Waals surface area contributed by atoms with Gasteiger partial charge in [0.15, 0.2) is 11.5 Å². The molecule has 1 aromatic carbocycles. The second-order valence-corrected chi connectivity index (χ2v) is 4.07. The summed E-state index contributed by atoms with van der Waals surface area (Å²) in [6.45, 7) is -0.265. The zero-order valence-corrected chi connectivity index (χ0v) is 11.0. The third-order valence-electron chi connectivity index (χ3n) is 2.54. The number of ether oxygens (including phenoxy) is 1. The number of nitrogens with zero attached hydrogens (tertiary/aromatic N) is 3. The van der Waals surface area contributed by atoms with Crippen LogP contribution >= 0.6 is 0 Å². The molecule has 0 saturated carbocycles. The Morgan fingerprint density at radius 3 is 2.86 bits per heavy atom. The van der Waals surface area contributed by atoms with Crippen LogP contribution in [0.15, 0.2) is 36.7 Å². The molecule has 1 N–H and O–H groups in total. The van der Waals surface area contributed by atoms with Crippen LogP contribution in [0.25, 0.3) is 0 Å². The molecule has 0 atom stereocenters. The molecular formula is C14H12F2N4O. The summed E-state index contributed by atoms with van der Waals surface area (Å²) in [5.41, 5.74) is 1.01. The molecule has 21 heavy (non-hydrogen) atoms. The van der Waals surface area contributed by atoms with Crippen molar-refractivity contribution in [2.45, 2.75) is 13.0 Å². The average molecular weight is 290 g/mol. The summed E-state index contributed by atoms with van der Waals surface area (Å²) in [5.74, 6) is 0.744. The van der Waals surface area contributed by atoms with Crippen molar-refractivity contribution in [1.82, 2.24) is 9.97 Å². The molecule has 0 radical (unpaired) electrons. The van der Waals surface area contributed by atoms with E-state index < -0.39 is 13.0 Å². The summed E-state index contributed by atoms with van der Waals surface area (Å²) in [6.07, 6.45) is 0.401. The Morgan fingerprint density at radius 1 is 1.29 bits per heavy atom. The third kappa shape index (κ3) is 4.38. The summed E-state index contributed by atoms with van der Waals surface area (Å²) >= 11 is 0. The summed E-state index contributed by atoms with van der Waals surface area (Å²) in [5, 5.41) is 11.9. The van der Waals surface area contributed by atoms with Gasteiger partial charge in [-0.15, -0.1) is 0 Å². The van der Waals surface area contributed by atoms with Gasteiger partial charge in [-0.25, -0.2) is 18.7 Å². The van der Waals surface area contributed by atoms with Gasteiger partial charge in [0.25, 0.3) is 6.43 Å². The van der Waals surface area contributed by atoms with E-state index in [-0.39, 0.29) is 5.69 Å². The molecule has 1 aromatic heterocycles. The molecule has 7 heteroatoms. The van der Waals surface area contributed by atoms with E-state index in [1.54, 1.807) is 18.2 Å². The Labute approximate surface area is 120 Å². The zero-order chi connectivity index (χ0) is 15.1. The minimum atomic E-state index is -2.51. The van der Waals surface area contributed by atoms with E-state index >= 15 is 0 Å². The molecule has 0 fully saturated rings. The van der Waals surface area contributed by atoms with E-state index in [1.165, 1.54) is 12.4 Å². The molecule has 108 valence electrons. The molecule has 0 bridgehead atoms. The third-order valence-corrected chi connectivity index (χ3v) is 2.54. The number of hydrogen-bond acceptors (Lipinski definition) is 5. The molecule has 2 aromatic rings. The van der Waals surface area contributed by atoms with Crippen LogP contribution in [0.1, 0.15) is 11.3 Å². The maximum Gasteiger partial charge on any atom is 0.272 e. The van der Waals surface area contributed by atoms with Gasteiger partial charge in [-0.3, -0.25) is 0 Å². The number of anilines is 1. The lowest BCUT2D eigenvalue weighted by Gasteiger charge is -2.09. The van der Waals surface area contributed by atoms with Crippen LogP contribution in [0.3, 0.4) is 0 Å². The molecule has 0 saturated heterocycles. The molecule has 0 aliphatic rings. The molecule has 5 nitrogen and oxygen atoms in total. The first-order valence-corrected chi connectivity index (χ1v) is 6.14. The largest absolute Gasteiger partial charge is 0.488 e. The van der Waals surface area contributed by atoms with Gasteiger partial charge >= 0.3 is 0 Å². The predicted molar refractivity (Wildman–Crippen MR) is 72.0 cm³/mol. The molecule has 0 amide bonds. The Kier molecular flexibility index (Phi) is 4.99.